The van der Waals surface area contributed by atoms with Crippen molar-refractivity contribution in [3.8, 4) is 85.2 Å². The highest BCUT2D eigenvalue weighted by Gasteiger charge is 2.17. The molecule has 19 aromatic carbocycles. The number of hydrogen-bond acceptors (Lipinski definition) is 5. The highest BCUT2D eigenvalue weighted by Crippen LogP contribution is 2.40. The lowest BCUT2D eigenvalue weighted by molar-refractivity contribution is 0.414. The highest BCUT2D eigenvalue weighted by molar-refractivity contribution is 14.1. The van der Waals surface area contributed by atoms with Crippen LogP contribution in [-0.4, -0.2) is 42.6 Å². The molecule has 129 heavy (non-hydrogen) atoms. The summed E-state index contributed by atoms with van der Waals surface area (Å²) in [6, 6.07) is 158. The van der Waals surface area contributed by atoms with Gasteiger partial charge < -0.3 is 48.7 Å². The number of phenols is 1. The topological polar surface area (TPSA) is 92.7 Å². The molecule has 24 rings (SSSR count). The predicted octanol–water partition coefficient (Wildman–Crippen LogP) is 33.0. The molecule has 0 atom stereocenters. The summed E-state index contributed by atoms with van der Waals surface area (Å²) in [6.45, 7) is 0. The van der Waals surface area contributed by atoms with Gasteiger partial charge in [0.2, 0.25) is 0 Å². The van der Waals surface area contributed by atoms with Gasteiger partial charge in [0.25, 0.3) is 0 Å². The van der Waals surface area contributed by atoms with Gasteiger partial charge in [-0.2, -0.15) is 0 Å². The Labute approximate surface area is 778 Å². The number of phenolic OH excluding ortho intramolecular Hbond substituents is 1. The average Bonchev–Trinajstić information content (AvgIpc) is 1.62. The van der Waals surface area contributed by atoms with Gasteiger partial charge in [-0.1, -0.05) is 262 Å². The van der Waals surface area contributed by atoms with Crippen molar-refractivity contribution in [1.82, 2.24) is 23.3 Å². The number of rotatable bonds is 12. The number of nitrogens with zero attached hydrogens (tertiary/aromatic N) is 4. The molecule has 0 bridgehead atoms. The van der Waals surface area contributed by atoms with Gasteiger partial charge in [-0.3, -0.25) is 0 Å². The lowest BCUT2D eigenvalue weighted by atomic mass is 10.1. The van der Waals surface area contributed by atoms with Crippen molar-refractivity contribution in [2.75, 3.05) is 14.2 Å². The molecule has 13 heteroatoms. The minimum atomic E-state index is 0. The number of aromatic nitrogens is 5. The van der Waals surface area contributed by atoms with Gasteiger partial charge in [0.05, 0.1) is 58.4 Å². The van der Waals surface area contributed by atoms with Gasteiger partial charge in [0.1, 0.15) is 40.2 Å². The third-order valence-electron chi connectivity index (χ3n) is 22.9. The number of ether oxygens (including phenoxy) is 4. The summed E-state index contributed by atoms with van der Waals surface area (Å²) < 4.78 is 35.3. The van der Waals surface area contributed by atoms with Crippen molar-refractivity contribution in [3.63, 3.8) is 0 Å². The second kappa shape index (κ2) is 38.4. The first kappa shape index (κ1) is 83.4. The van der Waals surface area contributed by atoms with Crippen molar-refractivity contribution in [1.29, 1.82) is 0 Å². The lowest BCUT2D eigenvalue weighted by Crippen LogP contribution is -1.94. The summed E-state index contributed by atoms with van der Waals surface area (Å²) in [5.41, 5.74) is 21.1. The summed E-state index contributed by atoms with van der Waals surface area (Å²) in [5.74, 6) is 5.24. The van der Waals surface area contributed by atoms with E-state index in [4.69, 9.17) is 18.9 Å². The molecule has 10 nitrogen and oxygen atoms in total. The van der Waals surface area contributed by atoms with Crippen molar-refractivity contribution in [3.05, 3.63) is 474 Å². The molecule has 0 saturated carbocycles. The average molecular weight is 1920 g/mol. The Morgan fingerprint density at radius 2 is 0.419 bits per heavy atom. The number of halogens is 3. The van der Waals surface area contributed by atoms with Crippen molar-refractivity contribution < 1.29 is 25.5 Å². The molecule has 0 amide bonds. The fourth-order valence-corrected chi connectivity index (χ4v) is 17.7. The summed E-state index contributed by atoms with van der Waals surface area (Å²) in [7, 11) is 3.36. The van der Waals surface area contributed by atoms with E-state index >= 15 is 0 Å². The highest BCUT2D eigenvalue weighted by atomic mass is 127. The standard InChI is InChI=1S/C48H32N2O2.C19H15NO.C18H13NO.C12H8Br2.C12H9N.C7H7IO.H/c1-5-13-45-41(9-1)42-10-2-6-14-46(42)49(45)35-21-29-39(30-22-35)51-37-25-17-33(18-26-37)34-19-27-38(28-20-34)52-40-31-23-36(24-32-40)50-47-15-7-3-11-43(47)44-12-4-8-16-48(44)50;1-21-15-12-10-14(11-13-15)20-18-8-4-2-6-16(18)17-7-3-5-9-19(17)20;20-14-11-9-13(10-12-14)19-17-7-3-1-5-15(17)16-6-2-4-8-18(16)19;13-11-5-1-9(2-6-11)10-3-7-12(14)8-4-10;1-3-7-11-9(5-1)10-6-2-4-8-12(10)13-11;1-9-7-4-2-6(8)3-5-7;/h1-32H;2-13H,1H3;1-12,20H;1-8H;1-8,13H;2-5H,1H3;/q;;;;;;-1. The number of nitrogens with one attached hydrogen (secondary N) is 1. The van der Waals surface area contributed by atoms with Crippen LogP contribution in [0.25, 0.3) is 154 Å². The number of aromatic hydroxyl groups is 1. The van der Waals surface area contributed by atoms with Gasteiger partial charge in [-0.25, -0.2) is 0 Å². The third kappa shape index (κ3) is 18.1. The maximum atomic E-state index is 9.47. The molecule has 0 aliphatic carbocycles. The quantitative estimate of drug-likeness (QED) is 0.119. The Balaban J connectivity index is 0.000000119. The van der Waals surface area contributed by atoms with Crippen LogP contribution in [-0.2, 0) is 0 Å². The van der Waals surface area contributed by atoms with Crippen LogP contribution in [0.2, 0.25) is 0 Å². The van der Waals surface area contributed by atoms with Crippen LogP contribution in [0, 0.1) is 3.57 Å². The van der Waals surface area contributed by atoms with E-state index in [1.165, 1.54) is 124 Å². The SMILES string of the molecule is Brc1ccc(-c2ccc(Br)cc2)cc1.COc1ccc(-n2c3ccccc3c3ccccc32)cc1.COc1ccc(I)cc1.Oc1ccc(-n2c3ccccc3c3ccccc32)cc1.[H-].c1ccc2c(c1)[nH]c1ccccc12.c1ccc2c(c1)c1ccccc1n2-c1ccc(Oc2ccc(-c3ccc(Oc4ccc(-n5c6ccccc6c6ccccc65)cc4)cc3)cc2)cc1. The fourth-order valence-electron chi connectivity index (χ4n) is 16.8. The summed E-state index contributed by atoms with van der Waals surface area (Å²) >= 11 is 9.10. The second-order valence-corrected chi connectivity index (χ2v) is 33.9. The molecule has 0 fully saturated rings. The Morgan fingerprint density at radius 3 is 0.667 bits per heavy atom. The first-order valence-electron chi connectivity index (χ1n) is 42.4. The summed E-state index contributed by atoms with van der Waals surface area (Å²) in [6.07, 6.45) is 0. The Kier molecular flexibility index (Phi) is 24.8. The van der Waals surface area contributed by atoms with E-state index in [1.54, 1.807) is 26.4 Å². The zero-order valence-electron chi connectivity index (χ0n) is 71.4. The van der Waals surface area contributed by atoms with Crippen LogP contribution in [0.1, 0.15) is 1.43 Å². The molecule has 0 spiro atoms. The van der Waals surface area contributed by atoms with E-state index in [1.807, 2.05) is 97.1 Å². The van der Waals surface area contributed by atoms with Crippen LogP contribution in [0.5, 0.6) is 40.2 Å². The number of aromatic amines is 1. The number of methoxy groups -OCH3 is 2. The van der Waals surface area contributed by atoms with E-state index in [9.17, 15) is 5.11 Å². The van der Waals surface area contributed by atoms with Crippen molar-refractivity contribution >= 4 is 163 Å². The number of fused-ring (bicyclic) bond motifs is 15. The smallest absolute Gasteiger partial charge is 0.127 e. The Bertz CT molecular complexity index is 7510. The van der Waals surface area contributed by atoms with Crippen molar-refractivity contribution in [2.45, 2.75) is 0 Å². The lowest BCUT2D eigenvalue weighted by Gasteiger charge is -2.11. The van der Waals surface area contributed by atoms with Gasteiger partial charge in [0, 0.05) is 100 Å². The van der Waals surface area contributed by atoms with Gasteiger partial charge in [0.15, 0.2) is 0 Å². The van der Waals surface area contributed by atoms with Crippen LogP contribution in [0.3, 0.4) is 0 Å². The van der Waals surface area contributed by atoms with Crippen LogP contribution < -0.4 is 18.9 Å². The largest absolute Gasteiger partial charge is 1.00 e. The minimum absolute atomic E-state index is 0. The summed E-state index contributed by atoms with van der Waals surface area (Å²) in [5, 5.41) is 22.1. The number of hydrogen-bond donors (Lipinski definition) is 2. The fraction of sp³-hybridized carbons (Fsp3) is 0.0172. The van der Waals surface area contributed by atoms with Gasteiger partial charge in [-0.15, -0.1) is 0 Å². The van der Waals surface area contributed by atoms with E-state index in [0.29, 0.717) is 0 Å². The molecular weight excluding hydrogens is 1830 g/mol. The van der Waals surface area contributed by atoms with Gasteiger partial charge in [-0.05, 0) is 275 Å². The molecular formula is C116H85Br2IN5O5-. The normalized spacial score (nSPS) is 11.0. The van der Waals surface area contributed by atoms with Gasteiger partial charge >= 0.3 is 0 Å². The van der Waals surface area contributed by atoms with Crippen LogP contribution >= 0.6 is 54.5 Å². The predicted molar refractivity (Wildman–Crippen MR) is 553 cm³/mol. The molecule has 5 aromatic heterocycles. The zero-order chi connectivity index (χ0) is 87.5. The molecule has 0 radical (unpaired) electrons. The van der Waals surface area contributed by atoms with Crippen LogP contribution in [0.4, 0.5) is 0 Å². The summed E-state index contributed by atoms with van der Waals surface area (Å²) in [4.78, 5) is 3.38. The molecule has 5 heterocycles. The maximum absolute atomic E-state index is 9.47. The molecule has 2 N–H and O–H groups in total. The van der Waals surface area contributed by atoms with E-state index in [2.05, 4.69) is 430 Å². The third-order valence-corrected chi connectivity index (χ3v) is 24.7. The van der Waals surface area contributed by atoms with E-state index < -0.39 is 0 Å². The molecule has 626 valence electrons. The first-order chi connectivity index (χ1) is 63.5. The number of H-pyrrole nitrogens is 1. The maximum Gasteiger partial charge on any atom is 0.127 e. The molecule has 0 saturated heterocycles. The van der Waals surface area contributed by atoms with Crippen molar-refractivity contribution in [2.24, 2.45) is 0 Å². The molecule has 0 aliphatic rings. The Morgan fingerprint density at radius 1 is 0.225 bits per heavy atom. The van der Waals surface area contributed by atoms with E-state index in [0.717, 1.165) is 77.3 Å². The molecule has 24 aromatic rings. The molecule has 0 unspecified atom stereocenters. The minimum Gasteiger partial charge on any atom is -1.00 e. The monoisotopic (exact) mass is 1910 g/mol. The first-order valence-corrected chi connectivity index (χ1v) is 45.1. The number of benzene rings is 19. The molecule has 0 aliphatic heterocycles. The second-order valence-electron chi connectivity index (χ2n) is 30.8. The van der Waals surface area contributed by atoms with Crippen LogP contribution in [0.15, 0.2) is 470 Å². The number of para-hydroxylation sites is 10. The Hall–Kier alpha value is -15.1. The van der Waals surface area contributed by atoms with E-state index in [-0.39, 0.29) is 7.18 Å². The zero-order valence-corrected chi connectivity index (χ0v) is 75.7.